The Morgan fingerprint density at radius 3 is 2.36 bits per heavy atom. The Labute approximate surface area is 215 Å². The lowest BCUT2D eigenvalue weighted by atomic mass is 9.62. The van der Waals surface area contributed by atoms with Crippen LogP contribution in [0.3, 0.4) is 0 Å². The number of aryl methyl sites for hydroxylation is 1. The molecule has 10 nitrogen and oxygen atoms in total. The van der Waals surface area contributed by atoms with E-state index in [9.17, 15) is 15.2 Å². The van der Waals surface area contributed by atoms with Crippen molar-refractivity contribution in [3.63, 3.8) is 0 Å². The number of likely N-dealkylation sites (N-methyl/N-ethyl adjacent to an activating group) is 1. The molecule has 1 aromatic heterocycles. The molecule has 3 fully saturated rings. The van der Waals surface area contributed by atoms with Gasteiger partial charge in [0.15, 0.2) is 0 Å². The number of nitro benzene ring substituents is 1. The number of nitrogens with zero attached hydrogens (tertiary/aromatic N) is 5. The van der Waals surface area contributed by atoms with E-state index in [0.29, 0.717) is 30.4 Å². The summed E-state index contributed by atoms with van der Waals surface area (Å²) in [6, 6.07) is 3.47. The zero-order valence-electron chi connectivity index (χ0n) is 21.3. The predicted molar refractivity (Wildman–Crippen MR) is 139 cm³/mol. The van der Waals surface area contributed by atoms with Gasteiger partial charge in [0.2, 0.25) is 0 Å². The summed E-state index contributed by atoms with van der Waals surface area (Å²) in [5, 5.41) is 28.0. The lowest BCUT2D eigenvalue weighted by Crippen LogP contribution is -2.53. The van der Waals surface area contributed by atoms with E-state index < -0.39 is 0 Å². The Morgan fingerprint density at radius 2 is 1.78 bits per heavy atom. The molecule has 0 radical (unpaired) electrons. The Kier molecular flexibility index (Phi) is 7.17. The molecule has 3 unspecified atom stereocenters. The number of thioether (sulfide) groups is 1. The molecule has 1 N–H and O–H groups in total. The predicted octanol–water partition coefficient (Wildman–Crippen LogP) is 3.15. The lowest BCUT2D eigenvalue weighted by Gasteiger charge is -2.50. The van der Waals surface area contributed by atoms with E-state index in [1.165, 1.54) is 6.07 Å². The van der Waals surface area contributed by atoms with Crippen molar-refractivity contribution < 1.29 is 19.5 Å². The second-order valence-electron chi connectivity index (χ2n) is 10.1. The first kappa shape index (κ1) is 25.3. The second kappa shape index (κ2) is 10.2. The van der Waals surface area contributed by atoms with Crippen molar-refractivity contribution in [2.24, 2.45) is 0 Å². The van der Waals surface area contributed by atoms with Gasteiger partial charge < -0.3 is 24.4 Å². The third kappa shape index (κ3) is 4.36. The van der Waals surface area contributed by atoms with E-state index in [1.807, 2.05) is 30.6 Å². The van der Waals surface area contributed by atoms with Crippen LogP contribution in [-0.4, -0.2) is 95.9 Å². The van der Waals surface area contributed by atoms with Gasteiger partial charge in [-0.25, -0.2) is 0 Å². The van der Waals surface area contributed by atoms with E-state index >= 15 is 0 Å². The van der Waals surface area contributed by atoms with Gasteiger partial charge in [0, 0.05) is 87.4 Å². The third-order valence-electron chi connectivity index (χ3n) is 8.08. The summed E-state index contributed by atoms with van der Waals surface area (Å²) in [6.07, 6.45) is 2.62. The molecule has 1 aliphatic carbocycles. The van der Waals surface area contributed by atoms with Gasteiger partial charge in [-0.15, -0.1) is 0 Å². The van der Waals surface area contributed by atoms with Crippen LogP contribution in [0.4, 0.5) is 11.4 Å². The molecule has 36 heavy (non-hydrogen) atoms. The third-order valence-corrected chi connectivity index (χ3v) is 9.22. The number of piperazine rings is 1. The maximum Gasteiger partial charge on any atom is 0.293 e. The quantitative estimate of drug-likeness (QED) is 0.438. The summed E-state index contributed by atoms with van der Waals surface area (Å²) < 4.78 is 13.9. The largest absolute Gasteiger partial charge is 0.508 e. The van der Waals surface area contributed by atoms with Gasteiger partial charge in [-0.3, -0.25) is 14.8 Å². The smallest absolute Gasteiger partial charge is 0.293 e. The molecule has 11 heteroatoms. The van der Waals surface area contributed by atoms with Gasteiger partial charge in [0.25, 0.3) is 5.69 Å². The first-order valence-electron chi connectivity index (χ1n) is 12.5. The van der Waals surface area contributed by atoms with E-state index in [2.05, 4.69) is 15.8 Å². The minimum absolute atomic E-state index is 0.00300. The standard InChI is InChI=1S/C25H35N5O5S/c1-15-18(13-29(26-15)16-5-10-36-14-16)23-24(34-3)22(25(23)35-4)17-11-20(30(32)33)19(12-21(17)31)28-8-6-27(2)7-9-28/h11-13,16,22-25,31H,5-10,14H2,1-4H3. The number of aromatic nitrogens is 2. The van der Waals surface area contributed by atoms with Crippen LogP contribution < -0.4 is 4.90 Å². The molecule has 3 atom stereocenters. The van der Waals surface area contributed by atoms with Gasteiger partial charge in [0.1, 0.15) is 11.4 Å². The highest BCUT2D eigenvalue weighted by atomic mass is 32.2. The van der Waals surface area contributed by atoms with Crippen molar-refractivity contribution in [2.75, 3.05) is 63.9 Å². The summed E-state index contributed by atoms with van der Waals surface area (Å²) in [6.45, 7) is 4.98. The number of hydrogen-bond acceptors (Lipinski definition) is 9. The van der Waals surface area contributed by atoms with E-state index in [-0.39, 0.29) is 40.4 Å². The number of phenols is 1. The maximum atomic E-state index is 12.1. The number of aromatic hydroxyl groups is 1. The molecule has 0 spiro atoms. The average Bonchev–Trinajstić information content (AvgIpc) is 3.50. The van der Waals surface area contributed by atoms with Crippen LogP contribution in [0, 0.1) is 17.0 Å². The minimum Gasteiger partial charge on any atom is -0.508 e. The lowest BCUT2D eigenvalue weighted by molar-refractivity contribution is -0.384. The first-order valence-corrected chi connectivity index (χ1v) is 13.6. The fourth-order valence-electron chi connectivity index (χ4n) is 6.01. The van der Waals surface area contributed by atoms with E-state index in [4.69, 9.17) is 14.6 Å². The number of ether oxygens (including phenoxy) is 2. The number of hydrogen-bond donors (Lipinski definition) is 1. The molecule has 1 saturated carbocycles. The van der Waals surface area contributed by atoms with Crippen LogP contribution in [0.2, 0.25) is 0 Å². The molecule has 2 saturated heterocycles. The van der Waals surface area contributed by atoms with Crippen molar-refractivity contribution >= 4 is 23.1 Å². The van der Waals surface area contributed by atoms with Crippen LogP contribution in [0.5, 0.6) is 5.75 Å². The molecule has 2 aromatic rings. The molecule has 3 heterocycles. The molecule has 2 aliphatic heterocycles. The van der Waals surface area contributed by atoms with Crippen LogP contribution in [0.1, 0.15) is 41.1 Å². The summed E-state index contributed by atoms with van der Waals surface area (Å²) in [5.41, 5.74) is 2.97. The van der Waals surface area contributed by atoms with Gasteiger partial charge in [-0.2, -0.15) is 16.9 Å². The molecule has 3 aliphatic rings. The van der Waals surface area contributed by atoms with Crippen LogP contribution in [0.15, 0.2) is 18.3 Å². The SMILES string of the molecule is COC1C(c2cc([N+](=O)[O-])c(N3CCN(C)CC3)cc2O)C(OC)C1c1cn(C2CCSC2)nc1C. The molecular weight excluding hydrogens is 482 g/mol. The average molecular weight is 518 g/mol. The van der Waals surface area contributed by atoms with Crippen molar-refractivity contribution in [1.82, 2.24) is 14.7 Å². The van der Waals surface area contributed by atoms with E-state index in [0.717, 1.165) is 42.3 Å². The molecule has 0 amide bonds. The Hall–Kier alpha value is -2.34. The minimum atomic E-state index is -0.357. The van der Waals surface area contributed by atoms with Gasteiger partial charge >= 0.3 is 0 Å². The molecule has 5 rings (SSSR count). The van der Waals surface area contributed by atoms with Crippen LogP contribution >= 0.6 is 11.8 Å². The van der Waals surface area contributed by atoms with E-state index in [1.54, 1.807) is 20.3 Å². The highest BCUT2D eigenvalue weighted by Crippen LogP contribution is 2.55. The van der Waals surface area contributed by atoms with Gasteiger partial charge in [-0.05, 0) is 26.1 Å². The zero-order valence-corrected chi connectivity index (χ0v) is 22.1. The number of rotatable bonds is 7. The number of anilines is 1. The van der Waals surface area contributed by atoms with Gasteiger partial charge in [0.05, 0.1) is 28.9 Å². The molecular formula is C25H35N5O5S. The molecule has 1 aromatic carbocycles. The summed E-state index contributed by atoms with van der Waals surface area (Å²) in [5.74, 6) is 1.83. The molecule has 196 valence electrons. The second-order valence-corrected chi connectivity index (χ2v) is 11.2. The Balaban J connectivity index is 1.47. The Morgan fingerprint density at radius 1 is 1.11 bits per heavy atom. The van der Waals surface area contributed by atoms with Gasteiger partial charge in [-0.1, -0.05) is 0 Å². The number of benzene rings is 1. The highest BCUT2D eigenvalue weighted by Gasteiger charge is 2.55. The first-order chi connectivity index (χ1) is 17.3. The van der Waals surface area contributed by atoms with Crippen LogP contribution in [0.25, 0.3) is 0 Å². The fourth-order valence-corrected chi connectivity index (χ4v) is 7.20. The summed E-state index contributed by atoms with van der Waals surface area (Å²) in [7, 11) is 5.33. The number of phenolic OH excluding ortho intramolecular Hbond substituents is 1. The number of methoxy groups -OCH3 is 2. The summed E-state index contributed by atoms with van der Waals surface area (Å²) in [4.78, 5) is 15.9. The normalized spacial score (nSPS) is 28.9. The van der Waals surface area contributed by atoms with Crippen molar-refractivity contribution in [2.45, 2.75) is 43.4 Å². The Bertz CT molecular complexity index is 1100. The summed E-state index contributed by atoms with van der Waals surface area (Å²) >= 11 is 1.95. The monoisotopic (exact) mass is 517 g/mol. The van der Waals surface area contributed by atoms with Crippen molar-refractivity contribution in [3.8, 4) is 5.75 Å². The topological polar surface area (TPSA) is 106 Å². The number of nitro groups is 1. The molecule has 0 bridgehead atoms. The maximum absolute atomic E-state index is 12.1. The fraction of sp³-hybridized carbons (Fsp3) is 0.640. The van der Waals surface area contributed by atoms with Crippen LogP contribution in [-0.2, 0) is 9.47 Å². The zero-order chi connectivity index (χ0) is 25.6. The highest BCUT2D eigenvalue weighted by molar-refractivity contribution is 7.99. The van der Waals surface area contributed by atoms with Crippen molar-refractivity contribution in [3.05, 3.63) is 45.3 Å². The van der Waals surface area contributed by atoms with Crippen molar-refractivity contribution in [1.29, 1.82) is 0 Å².